The van der Waals surface area contributed by atoms with Crippen LogP contribution in [0.4, 0.5) is 0 Å². The molecule has 1 amide bonds. The van der Waals surface area contributed by atoms with Crippen molar-refractivity contribution in [2.24, 2.45) is 0 Å². The molecule has 8 heteroatoms. The maximum absolute atomic E-state index is 11.0. The molecule has 27 heavy (non-hydrogen) atoms. The molecule has 7 nitrogen and oxygen atoms in total. The van der Waals surface area contributed by atoms with Gasteiger partial charge in [-0.2, -0.15) is 0 Å². The fourth-order valence-electron chi connectivity index (χ4n) is 1.69. The SMILES string of the molecule is CC(=O)N(C)CCOCCOCCOCCOCCO[Si](C)(C)C(C)(C)C. The molecule has 0 fully saturated rings. The lowest BCUT2D eigenvalue weighted by Crippen LogP contribution is -2.41. The van der Waals surface area contributed by atoms with Crippen molar-refractivity contribution in [1.29, 1.82) is 0 Å². The fraction of sp³-hybridized carbons (Fsp3) is 0.947. The summed E-state index contributed by atoms with van der Waals surface area (Å²) >= 11 is 0. The van der Waals surface area contributed by atoms with Crippen LogP contribution in [0.1, 0.15) is 27.7 Å². The van der Waals surface area contributed by atoms with Crippen LogP contribution in [0.5, 0.6) is 0 Å². The fourth-order valence-corrected chi connectivity index (χ4v) is 2.72. The first-order valence-corrected chi connectivity index (χ1v) is 12.7. The number of nitrogens with zero attached hydrogens (tertiary/aromatic N) is 1. The third-order valence-electron chi connectivity index (χ3n) is 4.72. The summed E-state index contributed by atoms with van der Waals surface area (Å²) in [7, 11) is 0.0809. The number of likely N-dealkylation sites (N-methyl/N-ethyl adjacent to an activating group) is 1. The first-order valence-electron chi connectivity index (χ1n) is 9.74. The molecule has 0 rings (SSSR count). The van der Waals surface area contributed by atoms with Crippen LogP contribution in [0.3, 0.4) is 0 Å². The molecular formula is C19H41NO6Si. The third kappa shape index (κ3) is 14.2. The molecule has 0 spiro atoms. The highest BCUT2D eigenvalue weighted by Gasteiger charge is 2.36. The standard InChI is InChI=1S/C19H41NO6Si/c1-18(21)20(5)8-9-22-10-11-23-12-13-24-14-15-25-16-17-26-27(6,7)19(2,3)4/h8-17H2,1-7H3. The Morgan fingerprint density at radius 2 is 1.15 bits per heavy atom. The number of carbonyl (C=O) groups is 1. The summed E-state index contributed by atoms with van der Waals surface area (Å²) in [6.07, 6.45) is 0. The zero-order chi connectivity index (χ0) is 20.8. The van der Waals surface area contributed by atoms with Gasteiger partial charge < -0.3 is 28.3 Å². The summed E-state index contributed by atoms with van der Waals surface area (Å²) in [6.45, 7) is 18.3. The minimum absolute atomic E-state index is 0.0408. The molecule has 0 aromatic heterocycles. The Balaban J connectivity index is 3.29. The molecule has 0 bridgehead atoms. The monoisotopic (exact) mass is 407 g/mol. The van der Waals surface area contributed by atoms with Crippen molar-refractivity contribution in [1.82, 2.24) is 4.90 Å². The Morgan fingerprint density at radius 1 is 0.778 bits per heavy atom. The Hall–Kier alpha value is -0.513. The number of carbonyl (C=O) groups excluding carboxylic acids is 1. The molecule has 0 saturated carbocycles. The first-order chi connectivity index (χ1) is 12.6. The second kappa shape index (κ2) is 14.5. The molecular weight excluding hydrogens is 366 g/mol. The van der Waals surface area contributed by atoms with Crippen molar-refractivity contribution in [2.45, 2.75) is 45.8 Å². The van der Waals surface area contributed by atoms with Crippen LogP contribution in [-0.4, -0.2) is 92.2 Å². The predicted octanol–water partition coefficient (Wildman–Crippen LogP) is 2.55. The lowest BCUT2D eigenvalue weighted by molar-refractivity contribution is -0.128. The normalized spacial score (nSPS) is 12.4. The van der Waals surface area contributed by atoms with Crippen LogP contribution >= 0.6 is 0 Å². The van der Waals surface area contributed by atoms with Crippen LogP contribution in [-0.2, 0) is 28.2 Å². The number of ether oxygens (including phenoxy) is 4. The molecule has 0 unspecified atom stereocenters. The van der Waals surface area contributed by atoms with E-state index >= 15 is 0 Å². The maximum atomic E-state index is 11.0. The van der Waals surface area contributed by atoms with E-state index in [-0.39, 0.29) is 10.9 Å². The Morgan fingerprint density at radius 3 is 1.52 bits per heavy atom. The van der Waals surface area contributed by atoms with E-state index in [9.17, 15) is 4.79 Å². The summed E-state index contributed by atoms with van der Waals surface area (Å²) < 4.78 is 27.8. The van der Waals surface area contributed by atoms with E-state index in [1.54, 1.807) is 11.9 Å². The first kappa shape index (κ1) is 26.5. The van der Waals surface area contributed by atoms with Gasteiger partial charge >= 0.3 is 0 Å². The lowest BCUT2D eigenvalue weighted by atomic mass is 10.2. The van der Waals surface area contributed by atoms with Gasteiger partial charge in [-0.25, -0.2) is 0 Å². The highest BCUT2D eigenvalue weighted by molar-refractivity contribution is 6.74. The van der Waals surface area contributed by atoms with E-state index < -0.39 is 8.32 Å². The minimum atomic E-state index is -1.67. The largest absolute Gasteiger partial charge is 0.414 e. The summed E-state index contributed by atoms with van der Waals surface area (Å²) in [6, 6.07) is 0. The van der Waals surface area contributed by atoms with Gasteiger partial charge in [-0.1, -0.05) is 20.8 Å². The number of hydrogen-bond acceptors (Lipinski definition) is 6. The predicted molar refractivity (Wildman–Crippen MR) is 110 cm³/mol. The van der Waals surface area contributed by atoms with Gasteiger partial charge in [-0.15, -0.1) is 0 Å². The third-order valence-corrected chi connectivity index (χ3v) is 9.26. The van der Waals surface area contributed by atoms with Crippen LogP contribution in [0.25, 0.3) is 0 Å². The second-order valence-corrected chi connectivity index (χ2v) is 12.8. The maximum Gasteiger partial charge on any atom is 0.219 e. The molecule has 0 aromatic carbocycles. The lowest BCUT2D eigenvalue weighted by Gasteiger charge is -2.36. The van der Waals surface area contributed by atoms with Crippen molar-refractivity contribution in [2.75, 3.05) is 73.1 Å². The van der Waals surface area contributed by atoms with Crippen LogP contribution in [0, 0.1) is 0 Å². The molecule has 0 N–H and O–H groups in total. The topological polar surface area (TPSA) is 66.5 Å². The van der Waals surface area contributed by atoms with Crippen molar-refractivity contribution in [3.63, 3.8) is 0 Å². The molecule has 0 aliphatic rings. The van der Waals surface area contributed by atoms with Gasteiger partial charge in [-0.05, 0) is 18.1 Å². The smallest absolute Gasteiger partial charge is 0.219 e. The van der Waals surface area contributed by atoms with Gasteiger partial charge in [0.15, 0.2) is 8.32 Å². The van der Waals surface area contributed by atoms with Crippen LogP contribution < -0.4 is 0 Å². The Labute approximate surface area is 166 Å². The molecule has 0 saturated heterocycles. The summed E-state index contributed by atoms with van der Waals surface area (Å²) in [4.78, 5) is 12.6. The molecule has 0 aliphatic heterocycles. The average molecular weight is 408 g/mol. The van der Waals surface area contributed by atoms with Crippen molar-refractivity contribution in [3.8, 4) is 0 Å². The second-order valence-electron chi connectivity index (χ2n) is 8.00. The molecule has 0 radical (unpaired) electrons. The van der Waals surface area contributed by atoms with E-state index in [2.05, 4.69) is 33.9 Å². The quantitative estimate of drug-likeness (QED) is 0.289. The molecule has 162 valence electrons. The van der Waals surface area contributed by atoms with Gasteiger partial charge in [0.05, 0.1) is 59.5 Å². The van der Waals surface area contributed by atoms with E-state index in [0.717, 1.165) is 0 Å². The van der Waals surface area contributed by atoms with Gasteiger partial charge in [0, 0.05) is 20.5 Å². The summed E-state index contributed by atoms with van der Waals surface area (Å²) in [5.41, 5.74) is 0. The van der Waals surface area contributed by atoms with Gasteiger partial charge in [0.25, 0.3) is 0 Å². The average Bonchev–Trinajstić information content (AvgIpc) is 2.56. The van der Waals surface area contributed by atoms with Crippen molar-refractivity contribution >= 4 is 14.2 Å². The number of amides is 1. The molecule has 0 aromatic rings. The number of hydrogen-bond donors (Lipinski definition) is 0. The van der Waals surface area contributed by atoms with Crippen LogP contribution in [0.15, 0.2) is 0 Å². The van der Waals surface area contributed by atoms with E-state index in [4.69, 9.17) is 23.4 Å². The van der Waals surface area contributed by atoms with Crippen molar-refractivity contribution in [3.05, 3.63) is 0 Å². The van der Waals surface area contributed by atoms with Gasteiger partial charge in [0.2, 0.25) is 5.91 Å². The Bertz CT molecular complexity index is 387. The molecule has 0 atom stereocenters. The highest BCUT2D eigenvalue weighted by Crippen LogP contribution is 2.36. The van der Waals surface area contributed by atoms with E-state index in [1.807, 2.05) is 0 Å². The summed E-state index contributed by atoms with van der Waals surface area (Å²) in [5.74, 6) is 0.0408. The highest BCUT2D eigenvalue weighted by atomic mass is 28.4. The molecule has 0 aliphatic carbocycles. The summed E-state index contributed by atoms with van der Waals surface area (Å²) in [5, 5.41) is 0.228. The minimum Gasteiger partial charge on any atom is -0.414 e. The van der Waals surface area contributed by atoms with Gasteiger partial charge in [0.1, 0.15) is 0 Å². The van der Waals surface area contributed by atoms with E-state index in [1.165, 1.54) is 6.92 Å². The zero-order valence-corrected chi connectivity index (χ0v) is 19.5. The van der Waals surface area contributed by atoms with Crippen molar-refractivity contribution < 1.29 is 28.2 Å². The van der Waals surface area contributed by atoms with E-state index in [0.29, 0.717) is 66.0 Å². The Kier molecular flexibility index (Phi) is 14.2. The number of rotatable bonds is 16. The molecule has 0 heterocycles. The zero-order valence-electron chi connectivity index (χ0n) is 18.5. The van der Waals surface area contributed by atoms with Gasteiger partial charge in [-0.3, -0.25) is 4.79 Å². The van der Waals surface area contributed by atoms with Crippen LogP contribution in [0.2, 0.25) is 18.1 Å².